The fraction of sp³-hybridized carbons (Fsp3) is 0.700. The third-order valence-electron chi connectivity index (χ3n) is 3.44. The molecule has 17 heavy (non-hydrogen) atoms. The van der Waals surface area contributed by atoms with Crippen molar-refractivity contribution in [3.63, 3.8) is 0 Å². The normalized spacial score (nSPS) is 19.8. The molecule has 0 saturated heterocycles. The van der Waals surface area contributed by atoms with Gasteiger partial charge in [-0.2, -0.15) is 0 Å². The summed E-state index contributed by atoms with van der Waals surface area (Å²) >= 11 is 0. The first-order chi connectivity index (χ1) is 8.08. The number of carboxylic acid groups (broad SMARTS) is 1. The highest BCUT2D eigenvalue weighted by Gasteiger charge is 2.43. The van der Waals surface area contributed by atoms with E-state index in [1.807, 2.05) is 0 Å². The summed E-state index contributed by atoms with van der Waals surface area (Å²) < 4.78 is 0.820. The van der Waals surface area contributed by atoms with Gasteiger partial charge in [-0.25, -0.2) is 29.1 Å². The molecule has 3 N–H and O–H groups in total. The van der Waals surface area contributed by atoms with Crippen molar-refractivity contribution in [2.75, 3.05) is 0 Å². The molecule has 1 heterocycles. The third kappa shape index (κ3) is 1.81. The Kier molecular flexibility index (Phi) is 2.91. The Morgan fingerprint density at radius 1 is 1.06 bits per heavy atom. The summed E-state index contributed by atoms with van der Waals surface area (Å²) in [6, 6.07) is 0. The number of hydrogen-bond acceptors (Lipinski definition) is 3. The van der Waals surface area contributed by atoms with Crippen molar-refractivity contribution in [2.45, 2.75) is 44.1 Å². The molecular formula is C10H15N3O4. The maximum Gasteiger partial charge on any atom is 0.345 e. The van der Waals surface area contributed by atoms with Crippen LogP contribution in [0.5, 0.6) is 0 Å². The van der Waals surface area contributed by atoms with Gasteiger partial charge in [0.15, 0.2) is 5.54 Å². The Balaban J connectivity index is 2.58. The van der Waals surface area contributed by atoms with E-state index in [1.54, 1.807) is 0 Å². The Morgan fingerprint density at radius 3 is 1.94 bits per heavy atom. The first kappa shape index (κ1) is 11.7. The first-order valence-electron chi connectivity index (χ1n) is 5.71. The van der Waals surface area contributed by atoms with Crippen LogP contribution in [0.4, 0.5) is 0 Å². The third-order valence-corrected chi connectivity index (χ3v) is 3.44. The number of carbonyl (C=O) groups is 1. The topological polar surface area (TPSA) is 108 Å². The number of aromatic amines is 2. The van der Waals surface area contributed by atoms with Crippen LogP contribution in [0.2, 0.25) is 0 Å². The number of carboxylic acids is 1. The van der Waals surface area contributed by atoms with Crippen LogP contribution in [0.3, 0.4) is 0 Å². The first-order valence-corrected chi connectivity index (χ1v) is 5.71. The van der Waals surface area contributed by atoms with Crippen LogP contribution in [0, 0.1) is 0 Å². The van der Waals surface area contributed by atoms with Gasteiger partial charge in [0.2, 0.25) is 0 Å². The molecule has 0 unspecified atom stereocenters. The zero-order chi connectivity index (χ0) is 12.5. The van der Waals surface area contributed by atoms with E-state index in [0.717, 1.165) is 17.4 Å². The molecule has 7 heteroatoms. The van der Waals surface area contributed by atoms with Crippen molar-refractivity contribution < 1.29 is 9.90 Å². The van der Waals surface area contributed by atoms with Crippen LogP contribution in [0.25, 0.3) is 0 Å². The van der Waals surface area contributed by atoms with Gasteiger partial charge in [0.05, 0.1) is 0 Å². The molecule has 1 saturated carbocycles. The van der Waals surface area contributed by atoms with E-state index in [0.29, 0.717) is 25.7 Å². The average molecular weight is 241 g/mol. The zero-order valence-electron chi connectivity index (χ0n) is 9.36. The Labute approximate surface area is 96.5 Å². The summed E-state index contributed by atoms with van der Waals surface area (Å²) in [6.45, 7) is 0. The van der Waals surface area contributed by atoms with E-state index in [2.05, 4.69) is 10.2 Å². The van der Waals surface area contributed by atoms with Gasteiger partial charge in [-0.1, -0.05) is 25.7 Å². The predicted molar refractivity (Wildman–Crippen MR) is 59.0 cm³/mol. The highest BCUT2D eigenvalue weighted by atomic mass is 16.4. The van der Waals surface area contributed by atoms with Gasteiger partial charge in [0.1, 0.15) is 0 Å². The van der Waals surface area contributed by atoms with Crippen LogP contribution in [0.1, 0.15) is 38.5 Å². The number of nitrogens with one attached hydrogen (secondary N) is 2. The van der Waals surface area contributed by atoms with Gasteiger partial charge in [-0.15, -0.1) is 0 Å². The van der Waals surface area contributed by atoms with E-state index in [4.69, 9.17) is 0 Å². The number of aliphatic carboxylic acids is 1. The summed E-state index contributed by atoms with van der Waals surface area (Å²) in [5, 5.41) is 13.7. The largest absolute Gasteiger partial charge is 0.479 e. The molecule has 0 bridgehead atoms. The lowest BCUT2D eigenvalue weighted by Gasteiger charge is -2.27. The van der Waals surface area contributed by atoms with Crippen LogP contribution in [0.15, 0.2) is 9.59 Å². The molecule has 1 aromatic rings. The predicted octanol–water partition coefficient (Wildman–Crippen LogP) is -0.00120. The van der Waals surface area contributed by atoms with Gasteiger partial charge in [0, 0.05) is 0 Å². The Hall–Kier alpha value is -1.79. The lowest BCUT2D eigenvalue weighted by atomic mass is 9.90. The van der Waals surface area contributed by atoms with Gasteiger partial charge in [-0.05, 0) is 12.8 Å². The summed E-state index contributed by atoms with van der Waals surface area (Å²) in [4.78, 5) is 34.7. The van der Waals surface area contributed by atoms with Crippen molar-refractivity contribution in [3.05, 3.63) is 21.0 Å². The van der Waals surface area contributed by atoms with E-state index >= 15 is 0 Å². The standard InChI is InChI=1S/C10H15N3O4/c14-7(15)10(5-3-1-2-4-6-10)13-8(16)11-12-9(13)17/h1-6H2,(H,11,16)(H,12,17)(H,14,15). The second-order valence-electron chi connectivity index (χ2n) is 4.45. The molecule has 0 atom stereocenters. The molecule has 1 aromatic heterocycles. The van der Waals surface area contributed by atoms with Crippen molar-refractivity contribution in [1.82, 2.24) is 14.8 Å². The second-order valence-corrected chi connectivity index (χ2v) is 4.45. The quantitative estimate of drug-likeness (QED) is 0.633. The molecule has 0 radical (unpaired) electrons. The molecule has 0 spiro atoms. The number of nitrogens with zero attached hydrogens (tertiary/aromatic N) is 1. The van der Waals surface area contributed by atoms with Gasteiger partial charge >= 0.3 is 17.3 Å². The number of rotatable bonds is 2. The molecule has 1 aliphatic carbocycles. The number of hydrogen-bond donors (Lipinski definition) is 3. The van der Waals surface area contributed by atoms with Gasteiger partial charge < -0.3 is 5.11 Å². The number of aromatic nitrogens is 3. The van der Waals surface area contributed by atoms with Crippen molar-refractivity contribution in [3.8, 4) is 0 Å². The van der Waals surface area contributed by atoms with E-state index in [1.165, 1.54) is 0 Å². The smallest absolute Gasteiger partial charge is 0.345 e. The van der Waals surface area contributed by atoms with Crippen molar-refractivity contribution >= 4 is 5.97 Å². The van der Waals surface area contributed by atoms with Crippen LogP contribution in [-0.2, 0) is 10.3 Å². The van der Waals surface area contributed by atoms with Crippen LogP contribution in [-0.4, -0.2) is 25.8 Å². The summed E-state index contributed by atoms with van der Waals surface area (Å²) in [5.74, 6) is -1.10. The maximum atomic E-state index is 11.6. The molecule has 1 aliphatic rings. The summed E-state index contributed by atoms with van der Waals surface area (Å²) in [5.41, 5.74) is -2.75. The fourth-order valence-electron chi connectivity index (χ4n) is 2.55. The summed E-state index contributed by atoms with van der Waals surface area (Å²) in [6.07, 6.45) is 3.94. The highest BCUT2D eigenvalue weighted by Crippen LogP contribution is 2.32. The molecule has 1 fully saturated rings. The average Bonchev–Trinajstić information content (AvgIpc) is 2.54. The summed E-state index contributed by atoms with van der Waals surface area (Å²) in [7, 11) is 0. The molecule has 0 aliphatic heterocycles. The lowest BCUT2D eigenvalue weighted by molar-refractivity contribution is -0.148. The van der Waals surface area contributed by atoms with Crippen LogP contribution < -0.4 is 11.4 Å². The molecular weight excluding hydrogens is 226 g/mol. The minimum Gasteiger partial charge on any atom is -0.479 e. The lowest BCUT2D eigenvalue weighted by Crippen LogP contribution is -2.51. The van der Waals surface area contributed by atoms with E-state index in [9.17, 15) is 19.5 Å². The van der Waals surface area contributed by atoms with Crippen molar-refractivity contribution in [2.24, 2.45) is 0 Å². The van der Waals surface area contributed by atoms with E-state index < -0.39 is 22.9 Å². The SMILES string of the molecule is O=C(O)C1(n2c(=O)[nH][nH]c2=O)CCCCCC1. The molecule has 7 nitrogen and oxygen atoms in total. The molecule has 0 amide bonds. The monoisotopic (exact) mass is 241 g/mol. The Bertz CT molecular complexity index is 489. The highest BCUT2D eigenvalue weighted by molar-refractivity contribution is 5.76. The minimum atomic E-state index is -1.39. The van der Waals surface area contributed by atoms with Crippen LogP contribution >= 0.6 is 0 Å². The van der Waals surface area contributed by atoms with E-state index in [-0.39, 0.29) is 0 Å². The number of H-pyrrole nitrogens is 2. The fourth-order valence-corrected chi connectivity index (χ4v) is 2.55. The van der Waals surface area contributed by atoms with Gasteiger partial charge in [-0.3, -0.25) is 0 Å². The van der Waals surface area contributed by atoms with Crippen molar-refractivity contribution in [1.29, 1.82) is 0 Å². The second kappa shape index (κ2) is 4.23. The Morgan fingerprint density at radius 2 is 1.53 bits per heavy atom. The maximum absolute atomic E-state index is 11.6. The molecule has 94 valence electrons. The van der Waals surface area contributed by atoms with Gasteiger partial charge in [0.25, 0.3) is 0 Å². The molecule has 0 aromatic carbocycles. The zero-order valence-corrected chi connectivity index (χ0v) is 9.36. The molecule has 2 rings (SSSR count). The minimum absolute atomic E-state index is 0.323.